The van der Waals surface area contributed by atoms with Gasteiger partial charge in [-0.1, -0.05) is 0 Å². The van der Waals surface area contributed by atoms with Gasteiger partial charge in [0.05, 0.1) is 28.8 Å². The van der Waals surface area contributed by atoms with Crippen molar-refractivity contribution in [2.45, 2.75) is 26.2 Å². The summed E-state index contributed by atoms with van der Waals surface area (Å²) >= 11 is 3.51. The van der Waals surface area contributed by atoms with Crippen LogP contribution in [0.25, 0.3) is 10.6 Å². The van der Waals surface area contributed by atoms with Gasteiger partial charge in [-0.2, -0.15) is 0 Å². The average molecular weight is 551 g/mol. The normalized spacial score (nSPS) is 16.6. The van der Waals surface area contributed by atoms with Crippen LogP contribution in [-0.4, -0.2) is 57.5 Å². The van der Waals surface area contributed by atoms with E-state index >= 15 is 0 Å². The quantitative estimate of drug-likeness (QED) is 0.203. The van der Waals surface area contributed by atoms with Crippen LogP contribution in [0.4, 0.5) is 0 Å². The van der Waals surface area contributed by atoms with E-state index in [4.69, 9.17) is 9.47 Å². The van der Waals surface area contributed by atoms with Crippen LogP contribution in [0, 0.1) is 12.8 Å². The van der Waals surface area contributed by atoms with Crippen molar-refractivity contribution in [2.75, 3.05) is 46.6 Å². The minimum absolute atomic E-state index is 0. The van der Waals surface area contributed by atoms with E-state index in [1.165, 1.54) is 9.75 Å². The van der Waals surface area contributed by atoms with Gasteiger partial charge >= 0.3 is 0 Å². The van der Waals surface area contributed by atoms with Crippen molar-refractivity contribution in [3.8, 4) is 10.6 Å². The number of hydrogen-bond acceptors (Lipinski definition) is 6. The van der Waals surface area contributed by atoms with E-state index in [0.717, 1.165) is 75.4 Å². The number of thiophene rings is 1. The molecule has 2 N–H and O–H groups in total. The molecule has 0 aliphatic carbocycles. The molecule has 1 saturated heterocycles. The molecule has 2 aromatic rings. The highest BCUT2D eigenvalue weighted by molar-refractivity contribution is 14.0. The Kier molecular flexibility index (Phi) is 11.4. The number of ether oxygens (including phenoxy) is 2. The summed E-state index contributed by atoms with van der Waals surface area (Å²) < 4.78 is 11.1. The summed E-state index contributed by atoms with van der Waals surface area (Å²) in [6.45, 7) is 7.08. The van der Waals surface area contributed by atoms with Crippen molar-refractivity contribution in [1.82, 2.24) is 15.6 Å². The maximum absolute atomic E-state index is 5.73. The van der Waals surface area contributed by atoms with Gasteiger partial charge in [-0.15, -0.1) is 46.7 Å². The van der Waals surface area contributed by atoms with Crippen LogP contribution in [0.15, 0.2) is 22.5 Å². The van der Waals surface area contributed by atoms with Crippen molar-refractivity contribution < 1.29 is 9.47 Å². The molecule has 2 aromatic heterocycles. The lowest BCUT2D eigenvalue weighted by Gasteiger charge is -2.12. The van der Waals surface area contributed by atoms with E-state index in [1.807, 2.05) is 18.3 Å². The molecule has 1 atom stereocenters. The highest BCUT2D eigenvalue weighted by Gasteiger charge is 2.15. The Hall–Kier alpha value is -0.750. The summed E-state index contributed by atoms with van der Waals surface area (Å²) in [6, 6.07) is 4.36. The van der Waals surface area contributed by atoms with Gasteiger partial charge in [0, 0.05) is 49.5 Å². The molecule has 0 amide bonds. The highest BCUT2D eigenvalue weighted by Crippen LogP contribution is 2.29. The Bertz CT molecular complexity index is 744. The van der Waals surface area contributed by atoms with E-state index in [2.05, 4.69) is 38.1 Å². The fraction of sp³-hybridized carbons (Fsp3) is 0.600. The third-order valence-corrected chi connectivity index (χ3v) is 6.50. The molecule has 1 aliphatic heterocycles. The monoisotopic (exact) mass is 550 g/mol. The maximum atomic E-state index is 5.73. The lowest BCUT2D eigenvalue weighted by molar-refractivity contribution is 0.0888. The second kappa shape index (κ2) is 13.5. The molecule has 1 unspecified atom stereocenters. The Morgan fingerprint density at radius 1 is 1.34 bits per heavy atom. The molecule has 0 radical (unpaired) electrons. The van der Waals surface area contributed by atoms with Crippen LogP contribution >= 0.6 is 46.7 Å². The molecule has 162 valence electrons. The van der Waals surface area contributed by atoms with Gasteiger partial charge < -0.3 is 20.1 Å². The molecule has 0 bridgehead atoms. The molecule has 0 spiro atoms. The Morgan fingerprint density at radius 2 is 2.21 bits per heavy atom. The predicted octanol–water partition coefficient (Wildman–Crippen LogP) is 3.95. The lowest BCUT2D eigenvalue weighted by atomic mass is 10.1. The molecule has 0 saturated carbocycles. The van der Waals surface area contributed by atoms with Crippen molar-refractivity contribution in [3.63, 3.8) is 0 Å². The summed E-state index contributed by atoms with van der Waals surface area (Å²) in [7, 11) is 1.81. The maximum Gasteiger partial charge on any atom is 0.190 e. The molecule has 6 nitrogen and oxygen atoms in total. The van der Waals surface area contributed by atoms with Crippen LogP contribution in [0.3, 0.4) is 0 Å². The zero-order valence-electron chi connectivity index (χ0n) is 17.1. The van der Waals surface area contributed by atoms with Crippen LogP contribution in [0.1, 0.15) is 22.7 Å². The number of guanidine groups is 1. The fourth-order valence-electron chi connectivity index (χ4n) is 3.00. The third-order valence-electron chi connectivity index (χ3n) is 4.56. The predicted molar refractivity (Wildman–Crippen MR) is 133 cm³/mol. The highest BCUT2D eigenvalue weighted by atomic mass is 127. The fourth-order valence-corrected chi connectivity index (χ4v) is 4.65. The molecule has 3 heterocycles. The lowest BCUT2D eigenvalue weighted by Crippen LogP contribution is -2.39. The summed E-state index contributed by atoms with van der Waals surface area (Å²) in [6.07, 6.45) is 3.07. The minimum atomic E-state index is 0. The number of nitrogens with zero attached hydrogens (tertiary/aromatic N) is 2. The standard InChI is InChI=1S/C20H30N4O2S2.HI/c1-15-24-18(14-27-15)19-5-4-17(28-19)6-9-23-20(21-2)22-8-3-10-25-12-16-7-11-26-13-16;/h4-5,14,16H,3,6-13H2,1-2H3,(H2,21,22,23);1H. The zero-order valence-corrected chi connectivity index (χ0v) is 21.1. The molecule has 1 aliphatic rings. The smallest absolute Gasteiger partial charge is 0.190 e. The first-order chi connectivity index (χ1) is 13.7. The van der Waals surface area contributed by atoms with Crippen LogP contribution in [-0.2, 0) is 15.9 Å². The van der Waals surface area contributed by atoms with E-state index in [9.17, 15) is 0 Å². The van der Waals surface area contributed by atoms with E-state index in [1.54, 1.807) is 18.4 Å². The summed E-state index contributed by atoms with van der Waals surface area (Å²) in [5, 5.41) is 9.96. The Morgan fingerprint density at radius 3 is 2.93 bits per heavy atom. The van der Waals surface area contributed by atoms with Crippen LogP contribution in [0.5, 0.6) is 0 Å². The Balaban J connectivity index is 0.00000300. The van der Waals surface area contributed by atoms with Gasteiger partial charge in [-0.25, -0.2) is 4.98 Å². The second-order valence-corrected chi connectivity index (χ2v) is 9.08. The van der Waals surface area contributed by atoms with Gasteiger partial charge in [0.25, 0.3) is 0 Å². The largest absolute Gasteiger partial charge is 0.381 e. The first kappa shape index (κ1) is 24.5. The van der Waals surface area contributed by atoms with Crippen molar-refractivity contribution in [3.05, 3.63) is 27.4 Å². The second-order valence-electron chi connectivity index (χ2n) is 6.85. The van der Waals surface area contributed by atoms with E-state index in [-0.39, 0.29) is 24.0 Å². The van der Waals surface area contributed by atoms with Crippen LogP contribution < -0.4 is 10.6 Å². The molecular weight excluding hydrogens is 519 g/mol. The molecule has 9 heteroatoms. The number of rotatable bonds is 10. The zero-order chi connectivity index (χ0) is 19.6. The number of aliphatic imine (C=N–C) groups is 1. The van der Waals surface area contributed by atoms with Crippen LogP contribution in [0.2, 0.25) is 0 Å². The minimum Gasteiger partial charge on any atom is -0.381 e. The summed E-state index contributed by atoms with van der Waals surface area (Å²) in [5.41, 5.74) is 1.09. The van der Waals surface area contributed by atoms with Gasteiger partial charge in [-0.3, -0.25) is 4.99 Å². The number of thiazole rings is 1. The first-order valence-electron chi connectivity index (χ1n) is 9.86. The van der Waals surface area contributed by atoms with E-state index in [0.29, 0.717) is 5.92 Å². The summed E-state index contributed by atoms with van der Waals surface area (Å²) in [5.74, 6) is 1.43. The van der Waals surface area contributed by atoms with Crippen molar-refractivity contribution in [1.29, 1.82) is 0 Å². The van der Waals surface area contributed by atoms with Crippen molar-refractivity contribution >= 4 is 52.6 Å². The average Bonchev–Trinajstić information content (AvgIpc) is 3.45. The number of aromatic nitrogens is 1. The number of hydrogen-bond donors (Lipinski definition) is 2. The molecule has 3 rings (SSSR count). The number of nitrogens with one attached hydrogen (secondary N) is 2. The van der Waals surface area contributed by atoms with E-state index < -0.39 is 0 Å². The van der Waals surface area contributed by atoms with Gasteiger partial charge in [-0.05, 0) is 38.3 Å². The molecule has 29 heavy (non-hydrogen) atoms. The first-order valence-corrected chi connectivity index (χ1v) is 11.6. The number of aryl methyl sites for hydroxylation is 1. The molecular formula is C20H31IN4O2S2. The van der Waals surface area contributed by atoms with Gasteiger partial charge in [0.15, 0.2) is 5.96 Å². The molecule has 1 fully saturated rings. The topological polar surface area (TPSA) is 67.8 Å². The van der Waals surface area contributed by atoms with Gasteiger partial charge in [0.2, 0.25) is 0 Å². The van der Waals surface area contributed by atoms with Crippen molar-refractivity contribution in [2.24, 2.45) is 10.9 Å². The summed E-state index contributed by atoms with van der Waals surface area (Å²) in [4.78, 5) is 11.4. The van der Waals surface area contributed by atoms with Gasteiger partial charge in [0.1, 0.15) is 0 Å². The number of halogens is 1. The SMILES string of the molecule is CN=C(NCCCOCC1CCOC1)NCCc1ccc(-c2csc(C)n2)s1.I. The molecule has 0 aromatic carbocycles. The Labute approximate surface area is 198 Å². The third kappa shape index (κ3) is 8.49.